The number of halogens is 2. The predicted octanol–water partition coefficient (Wildman–Crippen LogP) is 3.72. The molecule has 4 heterocycles. The number of carbonyl (C=O) groups is 1. The number of hydrogen-bond donors (Lipinski definition) is 1. The lowest BCUT2D eigenvalue weighted by molar-refractivity contribution is 0.100. The van der Waals surface area contributed by atoms with Gasteiger partial charge in [-0.1, -0.05) is 6.07 Å². The van der Waals surface area contributed by atoms with E-state index in [1.54, 1.807) is 47.0 Å². The number of amides is 1. The molecule has 1 aromatic carbocycles. The second-order valence-corrected chi connectivity index (χ2v) is 8.01. The van der Waals surface area contributed by atoms with Crippen molar-refractivity contribution < 1.29 is 13.6 Å². The largest absolute Gasteiger partial charge is 0.365 e. The lowest BCUT2D eigenvalue weighted by Crippen LogP contribution is -2.30. The van der Waals surface area contributed by atoms with E-state index in [-0.39, 0.29) is 5.56 Å². The van der Waals surface area contributed by atoms with Crippen molar-refractivity contribution in [1.82, 2.24) is 19.4 Å². The molecule has 0 saturated carbocycles. The molecule has 0 atom stereocenters. The second kappa shape index (κ2) is 7.74. The maximum Gasteiger partial charge on any atom is 0.264 e. The lowest BCUT2D eigenvalue weighted by Gasteiger charge is -2.32. The Balaban J connectivity index is 1.58. The van der Waals surface area contributed by atoms with Crippen LogP contribution >= 0.6 is 0 Å². The number of aromatic nitrogens is 4. The monoisotopic (exact) mass is 436 g/mol. The molecule has 0 fully saturated rings. The van der Waals surface area contributed by atoms with Gasteiger partial charge in [-0.2, -0.15) is 10.2 Å². The zero-order chi connectivity index (χ0) is 22.4. The molecule has 1 amide bonds. The van der Waals surface area contributed by atoms with E-state index in [1.807, 2.05) is 23.1 Å². The van der Waals surface area contributed by atoms with E-state index in [0.717, 1.165) is 24.1 Å². The summed E-state index contributed by atoms with van der Waals surface area (Å²) in [7, 11) is 1.76. The fourth-order valence-corrected chi connectivity index (χ4v) is 4.49. The molecular formula is C23H22F2N6O. The number of hydrogen-bond acceptors (Lipinski definition) is 4. The summed E-state index contributed by atoms with van der Waals surface area (Å²) in [6, 6.07) is 8.84. The van der Waals surface area contributed by atoms with Gasteiger partial charge >= 0.3 is 0 Å². The number of pyridine rings is 1. The Hall–Kier alpha value is -3.75. The number of alkyl halides is 2. The number of benzene rings is 1. The molecule has 32 heavy (non-hydrogen) atoms. The summed E-state index contributed by atoms with van der Waals surface area (Å²) in [5.41, 5.74) is 10.0. The van der Waals surface area contributed by atoms with Gasteiger partial charge in [0.1, 0.15) is 0 Å². The van der Waals surface area contributed by atoms with E-state index < -0.39 is 12.3 Å². The van der Waals surface area contributed by atoms with Crippen LogP contribution < -0.4 is 10.6 Å². The summed E-state index contributed by atoms with van der Waals surface area (Å²) in [6.07, 6.45) is 4.12. The molecule has 0 unspecified atom stereocenters. The van der Waals surface area contributed by atoms with Crippen LogP contribution in [0.1, 0.15) is 40.0 Å². The number of nitrogens with zero attached hydrogens (tertiary/aromatic N) is 5. The topological polar surface area (TPSA) is 81.5 Å². The predicted molar refractivity (Wildman–Crippen MR) is 117 cm³/mol. The molecule has 9 heteroatoms. The molecule has 0 radical (unpaired) electrons. The Morgan fingerprint density at radius 1 is 1.28 bits per heavy atom. The van der Waals surface area contributed by atoms with Crippen molar-refractivity contribution in [2.45, 2.75) is 25.8 Å². The molecule has 0 spiro atoms. The molecule has 7 nitrogen and oxygen atoms in total. The zero-order valence-corrected chi connectivity index (χ0v) is 17.5. The van der Waals surface area contributed by atoms with Gasteiger partial charge in [0.25, 0.3) is 12.3 Å². The minimum absolute atomic E-state index is 0.0335. The normalized spacial score (nSPS) is 13.7. The number of anilines is 1. The fourth-order valence-electron chi connectivity index (χ4n) is 4.49. The maximum absolute atomic E-state index is 14.0. The standard InChI is InChI=1S/C23H22F2N6O/c1-29-12-15(11-27-29)16-9-14-5-4-7-30(20(14)10-17(16)22(24)25)13-18-21(23(26)32)19-6-2-3-8-31(19)28-18/h2-3,6,8-12,22H,4-5,7,13H2,1H3,(H2,26,32). The van der Waals surface area contributed by atoms with Crippen LogP contribution in [0.25, 0.3) is 16.6 Å². The highest BCUT2D eigenvalue weighted by Gasteiger charge is 2.26. The first-order valence-corrected chi connectivity index (χ1v) is 10.4. The van der Waals surface area contributed by atoms with Crippen LogP contribution in [0.4, 0.5) is 14.5 Å². The average molecular weight is 436 g/mol. The summed E-state index contributed by atoms with van der Waals surface area (Å²) in [5.74, 6) is -0.557. The number of fused-ring (bicyclic) bond motifs is 2. The van der Waals surface area contributed by atoms with Crippen molar-refractivity contribution in [3.05, 3.63) is 71.3 Å². The highest BCUT2D eigenvalue weighted by atomic mass is 19.3. The van der Waals surface area contributed by atoms with Gasteiger partial charge in [-0.15, -0.1) is 0 Å². The molecule has 0 bridgehead atoms. The highest BCUT2D eigenvalue weighted by molar-refractivity contribution is 6.01. The smallest absolute Gasteiger partial charge is 0.264 e. The van der Waals surface area contributed by atoms with Crippen molar-refractivity contribution in [3.63, 3.8) is 0 Å². The molecular weight excluding hydrogens is 414 g/mol. The van der Waals surface area contributed by atoms with Crippen LogP contribution in [0.3, 0.4) is 0 Å². The van der Waals surface area contributed by atoms with Gasteiger partial charge < -0.3 is 10.6 Å². The Morgan fingerprint density at radius 2 is 2.12 bits per heavy atom. The third kappa shape index (κ3) is 3.39. The van der Waals surface area contributed by atoms with Gasteiger partial charge in [0.05, 0.1) is 29.5 Å². The van der Waals surface area contributed by atoms with Crippen molar-refractivity contribution in [1.29, 1.82) is 0 Å². The van der Waals surface area contributed by atoms with E-state index in [1.165, 1.54) is 0 Å². The first kappa shape index (κ1) is 20.2. The summed E-state index contributed by atoms with van der Waals surface area (Å²) in [5, 5.41) is 8.67. The van der Waals surface area contributed by atoms with E-state index in [2.05, 4.69) is 10.2 Å². The fraction of sp³-hybridized carbons (Fsp3) is 0.261. The van der Waals surface area contributed by atoms with Crippen LogP contribution in [-0.4, -0.2) is 31.8 Å². The molecule has 1 aliphatic heterocycles. The Kier molecular flexibility index (Phi) is 4.88. The van der Waals surface area contributed by atoms with Crippen LogP contribution in [-0.2, 0) is 20.0 Å². The SMILES string of the molecule is Cn1cc(-c2cc3c(cc2C(F)F)N(Cc2nn4ccccc4c2C(N)=O)CCC3)cn1. The van der Waals surface area contributed by atoms with Gasteiger partial charge in [-0.05, 0) is 48.2 Å². The molecule has 1 aliphatic rings. The number of primary amides is 1. The lowest BCUT2D eigenvalue weighted by atomic mass is 9.93. The molecule has 164 valence electrons. The molecule has 3 aromatic heterocycles. The Morgan fingerprint density at radius 3 is 2.84 bits per heavy atom. The van der Waals surface area contributed by atoms with Gasteiger partial charge in [0.2, 0.25) is 0 Å². The molecule has 4 aromatic rings. The van der Waals surface area contributed by atoms with Crippen molar-refractivity contribution in [2.24, 2.45) is 12.8 Å². The number of nitrogens with two attached hydrogens (primary N) is 1. The zero-order valence-electron chi connectivity index (χ0n) is 17.5. The van der Waals surface area contributed by atoms with Crippen molar-refractivity contribution >= 4 is 17.1 Å². The van der Waals surface area contributed by atoms with Crippen LogP contribution in [0, 0.1) is 0 Å². The molecule has 5 rings (SSSR count). The third-order valence-electron chi connectivity index (χ3n) is 5.92. The quantitative estimate of drug-likeness (QED) is 0.517. The number of aryl methyl sites for hydroxylation is 2. The first-order chi connectivity index (χ1) is 15.4. The van der Waals surface area contributed by atoms with Crippen LogP contribution in [0.5, 0.6) is 0 Å². The van der Waals surface area contributed by atoms with Gasteiger partial charge in [-0.25, -0.2) is 13.3 Å². The average Bonchev–Trinajstić information content (AvgIpc) is 3.36. The summed E-state index contributed by atoms with van der Waals surface area (Å²) in [6.45, 7) is 0.982. The third-order valence-corrected chi connectivity index (χ3v) is 5.92. The van der Waals surface area contributed by atoms with E-state index in [9.17, 15) is 13.6 Å². The Labute approximate surface area is 183 Å². The minimum Gasteiger partial charge on any atom is -0.365 e. The van der Waals surface area contributed by atoms with Crippen molar-refractivity contribution in [3.8, 4) is 11.1 Å². The Bertz CT molecular complexity index is 1330. The minimum atomic E-state index is -2.63. The van der Waals surface area contributed by atoms with Gasteiger partial charge in [-0.3, -0.25) is 9.48 Å². The highest BCUT2D eigenvalue weighted by Crippen LogP contribution is 2.39. The molecule has 0 saturated heterocycles. The van der Waals surface area contributed by atoms with E-state index in [4.69, 9.17) is 5.73 Å². The van der Waals surface area contributed by atoms with Crippen molar-refractivity contribution in [2.75, 3.05) is 11.4 Å². The van der Waals surface area contributed by atoms with Crippen LogP contribution in [0.15, 0.2) is 48.9 Å². The van der Waals surface area contributed by atoms with E-state index in [0.29, 0.717) is 41.0 Å². The molecule has 2 N–H and O–H groups in total. The maximum atomic E-state index is 14.0. The molecule has 0 aliphatic carbocycles. The summed E-state index contributed by atoms with van der Waals surface area (Å²) in [4.78, 5) is 14.2. The van der Waals surface area contributed by atoms with E-state index >= 15 is 0 Å². The van der Waals surface area contributed by atoms with Crippen LogP contribution in [0.2, 0.25) is 0 Å². The van der Waals surface area contributed by atoms with Gasteiger partial charge in [0.15, 0.2) is 0 Å². The summed E-state index contributed by atoms with van der Waals surface area (Å²) >= 11 is 0. The van der Waals surface area contributed by atoms with Gasteiger partial charge in [0, 0.05) is 42.8 Å². The summed E-state index contributed by atoms with van der Waals surface area (Å²) < 4.78 is 31.3. The second-order valence-electron chi connectivity index (χ2n) is 8.01. The first-order valence-electron chi connectivity index (χ1n) is 10.4. The number of carbonyl (C=O) groups excluding carboxylic acids is 1. The number of rotatable bonds is 5.